The van der Waals surface area contributed by atoms with Gasteiger partial charge < -0.3 is 9.84 Å². The second-order valence-electron chi connectivity index (χ2n) is 5.20. The minimum absolute atomic E-state index is 0.472. The lowest BCUT2D eigenvalue weighted by molar-refractivity contribution is 0.199. The van der Waals surface area contributed by atoms with Gasteiger partial charge in [-0.1, -0.05) is 32.0 Å². The Morgan fingerprint density at radius 3 is 2.35 bits per heavy atom. The number of hydrogen-bond donors (Lipinski definition) is 1. The van der Waals surface area contributed by atoms with Crippen molar-refractivity contribution in [3.8, 4) is 11.5 Å². The van der Waals surface area contributed by atoms with Gasteiger partial charge in [0.25, 0.3) is 0 Å². The molecule has 0 saturated carbocycles. The van der Waals surface area contributed by atoms with Crippen molar-refractivity contribution < 1.29 is 9.84 Å². The largest absolute Gasteiger partial charge is 0.456 e. The molecule has 0 aliphatic heterocycles. The molecule has 0 radical (unpaired) electrons. The third-order valence-corrected chi connectivity index (χ3v) is 3.81. The SMILES string of the molecule is CC(C)c1cccc(Oc2ccc([C@H](C)O)cc2Br)c1. The average Bonchev–Trinajstić information content (AvgIpc) is 2.41. The number of halogens is 1. The van der Waals surface area contributed by atoms with E-state index >= 15 is 0 Å². The molecule has 3 heteroatoms. The quantitative estimate of drug-likeness (QED) is 0.809. The molecular weight excluding hydrogens is 316 g/mol. The Morgan fingerprint density at radius 2 is 1.75 bits per heavy atom. The summed E-state index contributed by atoms with van der Waals surface area (Å²) >= 11 is 3.48. The molecule has 2 nitrogen and oxygen atoms in total. The van der Waals surface area contributed by atoms with Crippen LogP contribution < -0.4 is 4.74 Å². The Kier molecular flexibility index (Phi) is 4.84. The summed E-state index contributed by atoms with van der Waals surface area (Å²) in [5.74, 6) is 2.04. The van der Waals surface area contributed by atoms with Gasteiger partial charge in [0.1, 0.15) is 11.5 Å². The van der Waals surface area contributed by atoms with Crippen molar-refractivity contribution in [1.82, 2.24) is 0 Å². The van der Waals surface area contributed by atoms with Gasteiger partial charge in [0.05, 0.1) is 10.6 Å². The van der Waals surface area contributed by atoms with E-state index in [4.69, 9.17) is 4.74 Å². The predicted octanol–water partition coefficient (Wildman–Crippen LogP) is 5.42. The van der Waals surface area contributed by atoms with Crippen LogP contribution in [-0.2, 0) is 0 Å². The molecular formula is C17H19BrO2. The Labute approximate surface area is 128 Å². The van der Waals surface area contributed by atoms with Gasteiger partial charge in [0.15, 0.2) is 0 Å². The van der Waals surface area contributed by atoms with E-state index in [2.05, 4.69) is 41.9 Å². The first kappa shape index (κ1) is 15.1. The van der Waals surface area contributed by atoms with Gasteiger partial charge >= 0.3 is 0 Å². The molecule has 2 rings (SSSR count). The molecule has 0 amide bonds. The van der Waals surface area contributed by atoms with Crippen LogP contribution in [0.1, 0.15) is 43.9 Å². The lowest BCUT2D eigenvalue weighted by atomic mass is 10.0. The molecule has 0 spiro atoms. The van der Waals surface area contributed by atoms with Gasteiger partial charge in [-0.15, -0.1) is 0 Å². The molecule has 0 heterocycles. The zero-order chi connectivity index (χ0) is 14.7. The molecule has 1 atom stereocenters. The molecule has 0 aromatic heterocycles. The highest BCUT2D eigenvalue weighted by molar-refractivity contribution is 9.10. The lowest BCUT2D eigenvalue weighted by Gasteiger charge is -2.12. The fourth-order valence-corrected chi connectivity index (χ4v) is 2.40. The van der Waals surface area contributed by atoms with E-state index in [1.54, 1.807) is 6.92 Å². The summed E-state index contributed by atoms with van der Waals surface area (Å²) in [5.41, 5.74) is 2.11. The number of aliphatic hydroxyl groups is 1. The normalized spacial score (nSPS) is 12.5. The number of aliphatic hydroxyl groups excluding tert-OH is 1. The highest BCUT2D eigenvalue weighted by Crippen LogP contribution is 2.32. The molecule has 0 unspecified atom stereocenters. The van der Waals surface area contributed by atoms with Gasteiger partial charge in [0, 0.05) is 0 Å². The van der Waals surface area contributed by atoms with E-state index in [9.17, 15) is 5.11 Å². The van der Waals surface area contributed by atoms with Crippen LogP contribution in [0.5, 0.6) is 11.5 Å². The monoisotopic (exact) mass is 334 g/mol. The topological polar surface area (TPSA) is 29.5 Å². The third kappa shape index (κ3) is 3.62. The fraction of sp³-hybridized carbons (Fsp3) is 0.294. The van der Waals surface area contributed by atoms with Crippen molar-refractivity contribution in [1.29, 1.82) is 0 Å². The molecule has 2 aromatic rings. The second kappa shape index (κ2) is 6.42. The maximum Gasteiger partial charge on any atom is 0.141 e. The second-order valence-corrected chi connectivity index (χ2v) is 6.05. The molecule has 0 aliphatic carbocycles. The van der Waals surface area contributed by atoms with E-state index in [-0.39, 0.29) is 0 Å². The Bertz CT molecular complexity index is 591. The van der Waals surface area contributed by atoms with E-state index in [0.717, 1.165) is 21.5 Å². The first-order valence-corrected chi connectivity index (χ1v) is 7.52. The molecule has 0 fully saturated rings. The summed E-state index contributed by atoms with van der Waals surface area (Å²) in [6.07, 6.45) is -0.482. The van der Waals surface area contributed by atoms with Gasteiger partial charge in [0.2, 0.25) is 0 Å². The maximum absolute atomic E-state index is 9.56. The van der Waals surface area contributed by atoms with E-state index in [1.165, 1.54) is 5.56 Å². The Morgan fingerprint density at radius 1 is 1.00 bits per heavy atom. The molecule has 0 aliphatic rings. The zero-order valence-electron chi connectivity index (χ0n) is 11.9. The van der Waals surface area contributed by atoms with E-state index in [0.29, 0.717) is 5.92 Å². The minimum Gasteiger partial charge on any atom is -0.456 e. The van der Waals surface area contributed by atoms with Crippen molar-refractivity contribution in [2.45, 2.75) is 32.8 Å². The highest BCUT2D eigenvalue weighted by atomic mass is 79.9. The van der Waals surface area contributed by atoms with Gasteiger partial charge in [-0.3, -0.25) is 0 Å². The number of hydrogen-bond acceptors (Lipinski definition) is 2. The summed E-state index contributed by atoms with van der Waals surface area (Å²) in [5, 5.41) is 9.56. The summed E-state index contributed by atoms with van der Waals surface area (Å²) in [7, 11) is 0. The van der Waals surface area contributed by atoms with Crippen molar-refractivity contribution in [3.63, 3.8) is 0 Å². The molecule has 1 N–H and O–H groups in total. The van der Waals surface area contributed by atoms with Gasteiger partial charge in [-0.2, -0.15) is 0 Å². The Hall–Kier alpha value is -1.32. The van der Waals surface area contributed by atoms with Crippen LogP contribution in [-0.4, -0.2) is 5.11 Å². The summed E-state index contributed by atoms with van der Waals surface area (Å²) in [6.45, 7) is 6.06. The van der Waals surface area contributed by atoms with Crippen LogP contribution >= 0.6 is 15.9 Å². The summed E-state index contributed by atoms with van der Waals surface area (Å²) in [4.78, 5) is 0. The first-order valence-electron chi connectivity index (χ1n) is 6.72. The molecule has 0 saturated heterocycles. The van der Waals surface area contributed by atoms with E-state index in [1.807, 2.05) is 30.3 Å². The first-order chi connectivity index (χ1) is 9.47. The minimum atomic E-state index is -0.482. The number of rotatable bonds is 4. The van der Waals surface area contributed by atoms with Crippen molar-refractivity contribution in [2.24, 2.45) is 0 Å². The van der Waals surface area contributed by atoms with E-state index < -0.39 is 6.10 Å². The van der Waals surface area contributed by atoms with Crippen molar-refractivity contribution in [2.75, 3.05) is 0 Å². The molecule has 106 valence electrons. The Balaban J connectivity index is 2.24. The summed E-state index contributed by atoms with van der Waals surface area (Å²) in [6, 6.07) is 13.7. The van der Waals surface area contributed by atoms with Crippen LogP contribution in [0, 0.1) is 0 Å². The van der Waals surface area contributed by atoms with Gasteiger partial charge in [-0.05, 0) is 64.2 Å². The fourth-order valence-electron chi connectivity index (χ4n) is 1.92. The zero-order valence-corrected chi connectivity index (χ0v) is 13.5. The smallest absolute Gasteiger partial charge is 0.141 e. The van der Waals surface area contributed by atoms with Crippen LogP contribution in [0.4, 0.5) is 0 Å². The van der Waals surface area contributed by atoms with Crippen LogP contribution in [0.3, 0.4) is 0 Å². The third-order valence-electron chi connectivity index (χ3n) is 3.19. The summed E-state index contributed by atoms with van der Waals surface area (Å²) < 4.78 is 6.74. The standard InChI is InChI=1S/C17H19BrO2/c1-11(2)13-5-4-6-15(9-13)20-17-8-7-14(12(3)19)10-16(17)18/h4-12,19H,1-3H3/t12-/m0/s1. The van der Waals surface area contributed by atoms with Crippen LogP contribution in [0.15, 0.2) is 46.9 Å². The van der Waals surface area contributed by atoms with Crippen molar-refractivity contribution in [3.05, 3.63) is 58.1 Å². The average molecular weight is 335 g/mol. The highest BCUT2D eigenvalue weighted by Gasteiger charge is 2.08. The lowest BCUT2D eigenvalue weighted by Crippen LogP contribution is -1.93. The van der Waals surface area contributed by atoms with Crippen LogP contribution in [0.25, 0.3) is 0 Å². The number of benzene rings is 2. The maximum atomic E-state index is 9.56. The van der Waals surface area contributed by atoms with Gasteiger partial charge in [-0.25, -0.2) is 0 Å². The molecule has 20 heavy (non-hydrogen) atoms. The number of ether oxygens (including phenoxy) is 1. The molecule has 2 aromatic carbocycles. The predicted molar refractivity (Wildman–Crippen MR) is 85.4 cm³/mol. The van der Waals surface area contributed by atoms with Crippen LogP contribution in [0.2, 0.25) is 0 Å². The molecule has 0 bridgehead atoms. The van der Waals surface area contributed by atoms with Crippen molar-refractivity contribution >= 4 is 15.9 Å².